The van der Waals surface area contributed by atoms with E-state index >= 15 is 0 Å². The zero-order valence-electron chi connectivity index (χ0n) is 46.3. The van der Waals surface area contributed by atoms with Gasteiger partial charge in [0, 0.05) is 61.2 Å². The maximum Gasteiger partial charge on any atom is 0.326 e. The van der Waals surface area contributed by atoms with Crippen molar-refractivity contribution in [2.24, 2.45) is 29.4 Å². The van der Waals surface area contributed by atoms with Crippen LogP contribution in [0.4, 0.5) is 4.39 Å². The van der Waals surface area contributed by atoms with Crippen LogP contribution in [0.2, 0.25) is 0 Å². The Hall–Kier alpha value is -6.24. The molecule has 16 N–H and O–H groups in total. The number of aromatic nitrogens is 5. The first-order valence-corrected chi connectivity index (χ1v) is 28.1. The molecule has 470 valence electrons. The van der Waals surface area contributed by atoms with Crippen molar-refractivity contribution in [3.8, 4) is 11.3 Å². The summed E-state index contributed by atoms with van der Waals surface area (Å²) >= 11 is 0. The van der Waals surface area contributed by atoms with Gasteiger partial charge in [0.15, 0.2) is 6.29 Å². The van der Waals surface area contributed by atoms with Crippen molar-refractivity contribution >= 4 is 29.5 Å². The number of primary amides is 1. The van der Waals surface area contributed by atoms with Crippen molar-refractivity contribution in [3.63, 3.8) is 0 Å². The standard InChI is InChI=1S/C53H75FN10O21/c1-23-35(67)16-39(71)52(82-23)85-47-29(46-31(14-36(68)40(19-65)83-46)58-44(74)22-81-8-7-80-21-42(55)72)11-25(12-30(47)59-51(78)32-15-43(73)61-53(79)60-32)49(76)56-5-6-57-50(77)26-10-28(48-38(70)17-37(69)41(20-66)84-48)45(75)34(13-26)64-18-33(62-63-64)24-3-2-4-27(54)9-24/h2-4,9,15,18,23,25-26,28-31,34-41,45-48,52,65-71,75H,5-8,10-14,16-17,19-22H2,1H3,(H2,55,72)(H,56,76)(H,57,77)(H,58,74)(H,59,78)(H2,60,61,73,79)/t23-,25-,26-,28+,29?,30-,31+,34-,35-,36+,37+,38+,39-,40+,41+,45-,46-,47-,48?,52-/m0/s1. The second-order valence-corrected chi connectivity index (χ2v) is 22.2. The summed E-state index contributed by atoms with van der Waals surface area (Å²) in [4.78, 5) is 96.5. The summed E-state index contributed by atoms with van der Waals surface area (Å²) in [6.07, 6.45) is -16.0. The smallest absolute Gasteiger partial charge is 0.326 e. The second kappa shape index (κ2) is 29.4. The van der Waals surface area contributed by atoms with Crippen LogP contribution in [-0.2, 0) is 47.6 Å². The number of aliphatic hydroxyl groups excluding tert-OH is 8. The maximum atomic E-state index is 14.6. The monoisotopic (exact) mass is 1210 g/mol. The number of rotatable bonds is 23. The van der Waals surface area contributed by atoms with E-state index in [-0.39, 0.29) is 83.5 Å². The molecule has 0 spiro atoms. The van der Waals surface area contributed by atoms with Gasteiger partial charge in [0.05, 0.1) is 106 Å². The van der Waals surface area contributed by atoms with Crippen molar-refractivity contribution in [1.29, 1.82) is 0 Å². The first kappa shape index (κ1) is 64.8. The highest BCUT2D eigenvalue weighted by Crippen LogP contribution is 2.43. The molecule has 2 aromatic heterocycles. The number of hydrogen-bond donors (Lipinski definition) is 15. The van der Waals surface area contributed by atoms with Crippen LogP contribution < -0.4 is 38.2 Å². The Morgan fingerprint density at radius 2 is 1.39 bits per heavy atom. The van der Waals surface area contributed by atoms with E-state index in [1.54, 1.807) is 6.07 Å². The predicted octanol–water partition coefficient (Wildman–Crippen LogP) is -5.93. The lowest BCUT2D eigenvalue weighted by Crippen LogP contribution is -2.65. The number of carbonyl (C=O) groups is 5. The van der Waals surface area contributed by atoms with Gasteiger partial charge in [0.2, 0.25) is 23.6 Å². The summed E-state index contributed by atoms with van der Waals surface area (Å²) in [7, 11) is 0. The number of amides is 5. The summed E-state index contributed by atoms with van der Waals surface area (Å²) in [5, 5.41) is 106. The minimum atomic E-state index is -1.49. The van der Waals surface area contributed by atoms with Crippen LogP contribution in [0.1, 0.15) is 68.4 Å². The summed E-state index contributed by atoms with van der Waals surface area (Å²) in [5.74, 6) is -8.27. The Balaban J connectivity index is 1.03. The molecule has 2 saturated carbocycles. The van der Waals surface area contributed by atoms with Gasteiger partial charge in [-0.2, -0.15) is 0 Å². The Morgan fingerprint density at radius 3 is 2.06 bits per heavy atom. The molecular weight excluding hydrogens is 1130 g/mol. The first-order chi connectivity index (χ1) is 40.6. The Morgan fingerprint density at radius 1 is 0.741 bits per heavy atom. The zero-order valence-corrected chi connectivity index (χ0v) is 46.3. The van der Waals surface area contributed by atoms with Crippen LogP contribution in [0, 0.1) is 29.5 Å². The molecule has 0 radical (unpaired) electrons. The topological polar surface area (TPSA) is 473 Å². The van der Waals surface area contributed by atoms with Gasteiger partial charge in [-0.15, -0.1) is 5.10 Å². The van der Waals surface area contributed by atoms with Gasteiger partial charge >= 0.3 is 5.69 Å². The molecule has 31 nitrogen and oxygen atoms in total. The van der Waals surface area contributed by atoms with Crippen LogP contribution in [0.3, 0.4) is 0 Å². The quantitative estimate of drug-likeness (QED) is 0.0393. The normalized spacial score (nSPS) is 34.2. The lowest BCUT2D eigenvalue weighted by molar-refractivity contribution is -0.294. The fourth-order valence-corrected chi connectivity index (χ4v) is 12.0. The predicted molar refractivity (Wildman–Crippen MR) is 285 cm³/mol. The number of hydrogen-bond acceptors (Lipinski definition) is 23. The van der Waals surface area contributed by atoms with Gasteiger partial charge in [-0.05, 0) is 51.2 Å². The third kappa shape index (κ3) is 16.4. The molecule has 0 bridgehead atoms. The summed E-state index contributed by atoms with van der Waals surface area (Å²) in [6, 6.07) is 3.01. The lowest BCUT2D eigenvalue weighted by Gasteiger charge is -2.50. The van der Waals surface area contributed by atoms with Crippen LogP contribution in [0.5, 0.6) is 0 Å². The largest absolute Gasteiger partial charge is 0.394 e. The van der Waals surface area contributed by atoms with Gasteiger partial charge in [-0.3, -0.25) is 33.8 Å². The number of nitrogens with one attached hydrogen (secondary N) is 6. The van der Waals surface area contributed by atoms with E-state index in [9.17, 15) is 78.8 Å². The highest BCUT2D eigenvalue weighted by atomic mass is 19.1. The molecule has 5 amide bonds. The molecule has 20 atom stereocenters. The minimum Gasteiger partial charge on any atom is -0.394 e. The van der Waals surface area contributed by atoms with Gasteiger partial charge in [-0.25, -0.2) is 13.9 Å². The van der Waals surface area contributed by atoms with Crippen molar-refractivity contribution in [1.82, 2.24) is 46.2 Å². The molecule has 32 heteroatoms. The van der Waals surface area contributed by atoms with Gasteiger partial charge in [0.25, 0.3) is 11.5 Å². The van der Waals surface area contributed by atoms with Crippen LogP contribution in [-0.4, -0.2) is 240 Å². The minimum absolute atomic E-state index is 0.0244. The molecule has 3 aliphatic heterocycles. The van der Waals surface area contributed by atoms with Crippen molar-refractivity contribution in [2.45, 2.75) is 150 Å². The number of benzene rings is 1. The van der Waals surface area contributed by atoms with Crippen LogP contribution in [0.25, 0.3) is 11.3 Å². The molecule has 5 aliphatic rings. The van der Waals surface area contributed by atoms with Gasteiger partial charge in [0.1, 0.15) is 48.7 Å². The number of nitrogens with zero attached hydrogens (tertiary/aromatic N) is 3. The number of H-pyrrole nitrogens is 2. The average molecular weight is 1210 g/mol. The van der Waals surface area contributed by atoms with Crippen molar-refractivity contribution in [2.75, 3.05) is 52.7 Å². The number of aliphatic hydroxyl groups is 8. The number of ether oxygens (including phenoxy) is 6. The molecule has 1 aromatic carbocycles. The Labute approximate surface area is 484 Å². The second-order valence-electron chi connectivity index (χ2n) is 22.2. The molecule has 85 heavy (non-hydrogen) atoms. The van der Waals surface area contributed by atoms with Gasteiger partial charge < -0.3 is 101 Å². The Bertz CT molecular complexity index is 2860. The fraction of sp³-hybridized carbons (Fsp3) is 0.679. The zero-order chi connectivity index (χ0) is 61.2. The molecule has 3 saturated heterocycles. The molecule has 5 heterocycles. The molecular formula is C53H75FN10O21. The molecule has 2 unspecified atom stereocenters. The molecule has 8 rings (SSSR count). The molecule has 2 aliphatic carbocycles. The van der Waals surface area contributed by atoms with E-state index in [0.29, 0.717) is 5.56 Å². The number of halogens is 1. The maximum absolute atomic E-state index is 14.6. The number of nitrogens with two attached hydrogens (primary N) is 1. The van der Waals surface area contributed by atoms with E-state index in [1.165, 1.54) is 36.0 Å². The Kier molecular flexibility index (Phi) is 22.4. The van der Waals surface area contributed by atoms with Crippen LogP contribution >= 0.6 is 0 Å². The third-order valence-electron chi connectivity index (χ3n) is 16.2. The van der Waals surface area contributed by atoms with E-state index in [2.05, 4.69) is 36.6 Å². The van der Waals surface area contributed by atoms with E-state index < -0.39 is 193 Å². The molecule has 3 aromatic rings. The summed E-state index contributed by atoms with van der Waals surface area (Å²) < 4.78 is 50.8. The van der Waals surface area contributed by atoms with Gasteiger partial charge in [-0.1, -0.05) is 17.3 Å². The van der Waals surface area contributed by atoms with Crippen LogP contribution in [0.15, 0.2) is 46.1 Å². The molecule has 5 fully saturated rings. The first-order valence-electron chi connectivity index (χ1n) is 28.1. The van der Waals surface area contributed by atoms with Crippen molar-refractivity contribution < 1.29 is 97.6 Å². The third-order valence-corrected chi connectivity index (χ3v) is 16.2. The highest BCUT2D eigenvalue weighted by Gasteiger charge is 2.53. The fourth-order valence-electron chi connectivity index (χ4n) is 12.0. The number of carbonyl (C=O) groups excluding carboxylic acids is 5. The SMILES string of the molecule is C[C@@H]1O[C@@H](O[C@H]2C([C@@H]3O[C@H](CO)[C@H](O)C[C@H]3NC(=O)COCCOCC(N)=O)C[C@H](C(=O)NCCNC(=O)[C@H]3C[C@@H](C4O[C@H](CO)[C@H](O)C[C@H]4O)[C@H](O)[C@@H](n4cc(-c5cccc(F)c5)nn4)C3)C[C@@H]2NC(=O)c2cc(=O)[nH]c(=O)[nH]2)[C@@H](O)C[C@@H]1O. The van der Waals surface area contributed by atoms with E-state index in [4.69, 9.17) is 34.2 Å². The van der Waals surface area contributed by atoms with Crippen molar-refractivity contribution in [3.05, 3.63) is 68.9 Å². The van der Waals surface area contributed by atoms with E-state index in [0.717, 1.165) is 6.07 Å². The average Bonchev–Trinajstić information content (AvgIpc) is 2.86. The van der Waals surface area contributed by atoms with E-state index in [1.807, 2.05) is 4.98 Å². The summed E-state index contributed by atoms with van der Waals surface area (Å²) in [5.41, 5.74) is 3.31. The summed E-state index contributed by atoms with van der Waals surface area (Å²) in [6.45, 7) is -1.34. The number of aromatic amines is 2. The highest BCUT2D eigenvalue weighted by molar-refractivity contribution is 5.92. The lowest BCUT2D eigenvalue weighted by atomic mass is 9.70.